The summed E-state index contributed by atoms with van der Waals surface area (Å²) in [5.74, 6) is 0.811. The van der Waals surface area contributed by atoms with Crippen molar-refractivity contribution >= 4 is 28.6 Å². The normalized spacial score (nSPS) is 27.5. The van der Waals surface area contributed by atoms with Crippen molar-refractivity contribution in [3.05, 3.63) is 42.0 Å². The lowest BCUT2D eigenvalue weighted by atomic mass is 9.78. The van der Waals surface area contributed by atoms with Gasteiger partial charge in [-0.1, -0.05) is 31.0 Å². The average molecular weight is 450 g/mol. The Morgan fingerprint density at radius 2 is 1.79 bits per heavy atom. The van der Waals surface area contributed by atoms with Crippen LogP contribution >= 0.6 is 0 Å². The summed E-state index contributed by atoms with van der Waals surface area (Å²) in [6.45, 7) is 2.23. The number of benzene rings is 2. The molecule has 2 saturated heterocycles. The molecule has 4 amide bonds. The topological polar surface area (TPSA) is 79.0 Å². The summed E-state index contributed by atoms with van der Waals surface area (Å²) >= 11 is 0. The first-order valence-corrected chi connectivity index (χ1v) is 11.9. The molecule has 3 fully saturated rings. The van der Waals surface area contributed by atoms with E-state index in [1.54, 1.807) is 14.0 Å². The first kappa shape index (κ1) is 21.7. The van der Waals surface area contributed by atoms with Gasteiger partial charge >= 0.3 is 6.03 Å². The molecule has 1 N–H and O–H groups in total. The highest BCUT2D eigenvalue weighted by Crippen LogP contribution is 2.36. The monoisotopic (exact) mass is 449 g/mol. The van der Waals surface area contributed by atoms with Gasteiger partial charge in [0.2, 0.25) is 5.91 Å². The van der Waals surface area contributed by atoms with Crippen LogP contribution in [0.1, 0.15) is 51.0 Å². The second kappa shape index (κ2) is 8.36. The number of fused-ring (bicyclic) bond motifs is 2. The van der Waals surface area contributed by atoms with Gasteiger partial charge in [-0.2, -0.15) is 0 Å². The molecule has 3 aliphatic rings. The smallest absolute Gasteiger partial charge is 0.325 e. The van der Waals surface area contributed by atoms with Crippen molar-refractivity contribution in [2.24, 2.45) is 5.92 Å². The zero-order chi connectivity index (χ0) is 23.2. The largest absolute Gasteiger partial charge is 0.497 e. The summed E-state index contributed by atoms with van der Waals surface area (Å²) in [5, 5.41) is 4.77. The van der Waals surface area contributed by atoms with Crippen molar-refractivity contribution in [2.75, 3.05) is 20.2 Å². The SMILES string of the molecule is COc1ccc2cc([C@]3(C)NC(=O)N(CC(=O)N4CCC[C@@H]5CCCC[C@H]54)C3=O)ccc2c1. The third-order valence-electron chi connectivity index (χ3n) is 7.76. The van der Waals surface area contributed by atoms with Crippen molar-refractivity contribution < 1.29 is 19.1 Å². The molecule has 0 unspecified atom stereocenters. The maximum Gasteiger partial charge on any atom is 0.325 e. The predicted molar refractivity (Wildman–Crippen MR) is 125 cm³/mol. The molecule has 174 valence electrons. The van der Waals surface area contributed by atoms with Crippen LogP contribution in [0.2, 0.25) is 0 Å². The average Bonchev–Trinajstić information content (AvgIpc) is 3.06. The van der Waals surface area contributed by atoms with E-state index >= 15 is 0 Å². The standard InChI is InChI=1S/C26H31N3O4/c1-26(20-11-9-19-15-21(33-2)12-10-18(19)14-20)24(31)29(25(32)27-26)16-23(30)28-13-5-7-17-6-3-4-8-22(17)28/h9-12,14-15,17,22H,3-8,13,16H2,1-2H3,(H,27,32)/t17-,22+,26-/m0/s1. The minimum atomic E-state index is -1.21. The summed E-state index contributed by atoms with van der Waals surface area (Å²) in [4.78, 5) is 42.5. The Kier molecular flexibility index (Phi) is 5.51. The summed E-state index contributed by atoms with van der Waals surface area (Å²) in [6, 6.07) is 11.2. The Balaban J connectivity index is 1.36. The Morgan fingerprint density at radius 1 is 1.06 bits per heavy atom. The van der Waals surface area contributed by atoms with Gasteiger partial charge in [0.15, 0.2) is 0 Å². The van der Waals surface area contributed by atoms with E-state index in [0.717, 1.165) is 47.2 Å². The molecule has 7 heteroatoms. The van der Waals surface area contributed by atoms with Crippen molar-refractivity contribution in [1.29, 1.82) is 0 Å². The minimum Gasteiger partial charge on any atom is -0.497 e. The number of nitrogens with one attached hydrogen (secondary N) is 1. The number of ether oxygens (including phenoxy) is 1. The lowest BCUT2D eigenvalue weighted by Gasteiger charge is -2.44. The number of hydrogen-bond acceptors (Lipinski definition) is 4. The molecule has 1 saturated carbocycles. The van der Waals surface area contributed by atoms with Gasteiger partial charge in [-0.25, -0.2) is 4.79 Å². The third-order valence-corrected chi connectivity index (χ3v) is 7.76. The van der Waals surface area contributed by atoms with Gasteiger partial charge in [-0.3, -0.25) is 14.5 Å². The highest BCUT2D eigenvalue weighted by molar-refractivity contribution is 6.09. The van der Waals surface area contributed by atoms with E-state index in [1.807, 2.05) is 41.3 Å². The molecular weight excluding hydrogens is 418 g/mol. The van der Waals surface area contributed by atoms with E-state index in [-0.39, 0.29) is 24.4 Å². The Hall–Kier alpha value is -3.09. The Labute approximate surface area is 194 Å². The van der Waals surface area contributed by atoms with Gasteiger partial charge in [0.25, 0.3) is 5.91 Å². The molecule has 2 heterocycles. The summed E-state index contributed by atoms with van der Waals surface area (Å²) in [5.41, 5.74) is -0.514. The fourth-order valence-corrected chi connectivity index (χ4v) is 5.86. The van der Waals surface area contributed by atoms with E-state index < -0.39 is 11.6 Å². The molecule has 2 aliphatic heterocycles. The van der Waals surface area contributed by atoms with Crippen LogP contribution in [-0.4, -0.2) is 53.9 Å². The number of methoxy groups -OCH3 is 1. The molecule has 3 atom stereocenters. The summed E-state index contributed by atoms with van der Waals surface area (Å²) in [6.07, 6.45) is 6.73. The zero-order valence-corrected chi connectivity index (χ0v) is 19.3. The highest BCUT2D eigenvalue weighted by Gasteiger charge is 2.50. The van der Waals surface area contributed by atoms with Gasteiger partial charge in [0.1, 0.15) is 17.8 Å². The van der Waals surface area contributed by atoms with Crippen LogP contribution in [0.15, 0.2) is 36.4 Å². The zero-order valence-electron chi connectivity index (χ0n) is 19.3. The first-order valence-electron chi connectivity index (χ1n) is 11.9. The molecule has 2 aromatic carbocycles. The number of amides is 4. The second-order valence-corrected chi connectivity index (χ2v) is 9.72. The number of carbonyl (C=O) groups is 3. The molecule has 7 nitrogen and oxygen atoms in total. The number of carbonyl (C=O) groups excluding carboxylic acids is 3. The van der Waals surface area contributed by atoms with Crippen molar-refractivity contribution in [3.8, 4) is 5.75 Å². The van der Waals surface area contributed by atoms with Crippen molar-refractivity contribution in [1.82, 2.24) is 15.1 Å². The van der Waals surface area contributed by atoms with Crippen LogP contribution < -0.4 is 10.1 Å². The number of rotatable bonds is 4. The quantitative estimate of drug-likeness (QED) is 0.721. The first-order chi connectivity index (χ1) is 15.9. The number of imide groups is 1. The molecule has 0 aromatic heterocycles. The van der Waals surface area contributed by atoms with E-state index in [2.05, 4.69) is 5.32 Å². The number of hydrogen-bond donors (Lipinski definition) is 1. The Bertz CT molecular complexity index is 1110. The molecule has 0 spiro atoms. The van der Waals surface area contributed by atoms with Crippen LogP contribution in [0.4, 0.5) is 4.79 Å². The van der Waals surface area contributed by atoms with Gasteiger partial charge in [-0.05, 0) is 73.1 Å². The van der Waals surface area contributed by atoms with Crippen LogP contribution in [0, 0.1) is 5.92 Å². The molecule has 5 rings (SSSR count). The maximum absolute atomic E-state index is 13.4. The highest BCUT2D eigenvalue weighted by atomic mass is 16.5. The fraction of sp³-hybridized carbons (Fsp3) is 0.500. The van der Waals surface area contributed by atoms with Crippen LogP contribution in [-0.2, 0) is 15.1 Å². The minimum absolute atomic E-state index is 0.120. The van der Waals surface area contributed by atoms with Crippen LogP contribution in [0.3, 0.4) is 0 Å². The molecule has 0 radical (unpaired) electrons. The molecule has 33 heavy (non-hydrogen) atoms. The number of nitrogens with zero attached hydrogens (tertiary/aromatic N) is 2. The van der Waals surface area contributed by atoms with E-state index in [1.165, 1.54) is 19.3 Å². The predicted octanol–water partition coefficient (Wildman–Crippen LogP) is 3.80. The number of urea groups is 1. The van der Waals surface area contributed by atoms with Crippen molar-refractivity contribution in [3.63, 3.8) is 0 Å². The Morgan fingerprint density at radius 3 is 2.61 bits per heavy atom. The van der Waals surface area contributed by atoms with Crippen LogP contribution in [0.25, 0.3) is 10.8 Å². The summed E-state index contributed by atoms with van der Waals surface area (Å²) in [7, 11) is 1.62. The molecule has 0 bridgehead atoms. The number of likely N-dealkylation sites (tertiary alicyclic amines) is 1. The van der Waals surface area contributed by atoms with Crippen LogP contribution in [0.5, 0.6) is 5.75 Å². The maximum atomic E-state index is 13.4. The molecular formula is C26H31N3O4. The third kappa shape index (κ3) is 3.73. The van der Waals surface area contributed by atoms with E-state index in [9.17, 15) is 14.4 Å². The van der Waals surface area contributed by atoms with Gasteiger partial charge in [0, 0.05) is 12.6 Å². The molecule has 1 aliphatic carbocycles. The lowest BCUT2D eigenvalue weighted by molar-refractivity contribution is -0.142. The molecule has 2 aromatic rings. The lowest BCUT2D eigenvalue weighted by Crippen LogP contribution is -2.53. The van der Waals surface area contributed by atoms with Gasteiger partial charge in [0.05, 0.1) is 7.11 Å². The summed E-state index contributed by atoms with van der Waals surface area (Å²) < 4.78 is 5.28. The van der Waals surface area contributed by atoms with E-state index in [4.69, 9.17) is 4.74 Å². The van der Waals surface area contributed by atoms with Gasteiger partial charge < -0.3 is 15.0 Å². The fourth-order valence-electron chi connectivity index (χ4n) is 5.86. The van der Waals surface area contributed by atoms with Crippen molar-refractivity contribution in [2.45, 2.75) is 57.0 Å². The number of piperidine rings is 1. The van der Waals surface area contributed by atoms with E-state index in [0.29, 0.717) is 11.5 Å². The van der Waals surface area contributed by atoms with Gasteiger partial charge in [-0.15, -0.1) is 0 Å². The second-order valence-electron chi connectivity index (χ2n) is 9.72.